The van der Waals surface area contributed by atoms with Crippen molar-refractivity contribution in [2.75, 3.05) is 30.4 Å². The van der Waals surface area contributed by atoms with Crippen LogP contribution in [0.1, 0.15) is 12.8 Å². The minimum absolute atomic E-state index is 0.00240. The lowest BCUT2D eigenvalue weighted by Gasteiger charge is -2.31. The Balaban J connectivity index is 1.32. The highest BCUT2D eigenvalue weighted by Gasteiger charge is 2.26. The smallest absolute Gasteiger partial charge is 0.227 e. The molecule has 1 saturated heterocycles. The maximum atomic E-state index is 12.6. The Hall–Kier alpha value is -3.48. The predicted octanol–water partition coefficient (Wildman–Crippen LogP) is 3.40. The van der Waals surface area contributed by atoms with Gasteiger partial charge in [0.1, 0.15) is 5.75 Å². The summed E-state index contributed by atoms with van der Waals surface area (Å²) in [5, 5.41) is 11.7. The number of methoxy groups -OCH3 is 1. The molecule has 1 fully saturated rings. The molecule has 1 aromatic carbocycles. The largest absolute Gasteiger partial charge is 0.497 e. The fraction of sp³-hybridized carbons (Fsp3) is 0.273. The number of benzene rings is 1. The number of nitrogens with zero attached hydrogens (tertiary/aromatic N) is 4. The lowest BCUT2D eigenvalue weighted by Crippen LogP contribution is -2.38. The molecule has 0 atom stereocenters. The van der Waals surface area contributed by atoms with Crippen molar-refractivity contribution in [3.63, 3.8) is 0 Å². The minimum Gasteiger partial charge on any atom is -0.497 e. The molecule has 1 N–H and O–H groups in total. The highest BCUT2D eigenvalue weighted by molar-refractivity contribution is 5.92. The zero-order valence-corrected chi connectivity index (χ0v) is 16.3. The molecule has 1 amide bonds. The van der Waals surface area contributed by atoms with E-state index in [0.717, 1.165) is 54.4 Å². The maximum absolute atomic E-state index is 12.6. The van der Waals surface area contributed by atoms with Gasteiger partial charge in [0, 0.05) is 42.7 Å². The number of amides is 1. The molecule has 0 unspecified atom stereocenters. The van der Waals surface area contributed by atoms with Crippen molar-refractivity contribution in [3.8, 4) is 17.0 Å². The van der Waals surface area contributed by atoms with E-state index in [9.17, 15) is 4.79 Å². The van der Waals surface area contributed by atoms with E-state index in [1.165, 1.54) is 0 Å². The van der Waals surface area contributed by atoms with Crippen molar-refractivity contribution in [1.82, 2.24) is 15.2 Å². The van der Waals surface area contributed by atoms with Crippen LogP contribution in [0.25, 0.3) is 11.3 Å². The molecule has 0 saturated carbocycles. The first-order valence-corrected chi connectivity index (χ1v) is 9.67. The lowest BCUT2D eigenvalue weighted by atomic mass is 9.96. The highest BCUT2D eigenvalue weighted by atomic mass is 16.5. The molecule has 4 rings (SSSR count). The van der Waals surface area contributed by atoms with Crippen LogP contribution in [0.15, 0.2) is 60.9 Å². The summed E-state index contributed by atoms with van der Waals surface area (Å²) in [4.78, 5) is 18.8. The first-order chi connectivity index (χ1) is 14.2. The van der Waals surface area contributed by atoms with Gasteiger partial charge in [0.15, 0.2) is 5.82 Å². The number of hydrogen-bond donors (Lipinski definition) is 1. The monoisotopic (exact) mass is 389 g/mol. The lowest BCUT2D eigenvalue weighted by molar-refractivity contribution is -0.120. The normalized spacial score (nSPS) is 14.4. The molecule has 0 spiro atoms. The molecular weight excluding hydrogens is 366 g/mol. The molecule has 7 heteroatoms. The van der Waals surface area contributed by atoms with Gasteiger partial charge in [-0.2, -0.15) is 0 Å². The molecule has 3 aromatic rings. The summed E-state index contributed by atoms with van der Waals surface area (Å²) >= 11 is 0. The van der Waals surface area contributed by atoms with Crippen LogP contribution in [-0.2, 0) is 4.79 Å². The van der Waals surface area contributed by atoms with Gasteiger partial charge in [-0.3, -0.25) is 9.78 Å². The van der Waals surface area contributed by atoms with E-state index in [-0.39, 0.29) is 11.8 Å². The van der Waals surface area contributed by atoms with E-state index in [2.05, 4.69) is 25.4 Å². The Bertz CT molecular complexity index is 937. The molecule has 0 radical (unpaired) electrons. The Morgan fingerprint density at radius 2 is 1.72 bits per heavy atom. The summed E-state index contributed by atoms with van der Waals surface area (Å²) in [6.45, 7) is 1.56. The van der Waals surface area contributed by atoms with Crippen LogP contribution in [0, 0.1) is 5.92 Å². The van der Waals surface area contributed by atoms with Crippen LogP contribution in [0.5, 0.6) is 5.75 Å². The molecule has 0 aliphatic carbocycles. The van der Waals surface area contributed by atoms with E-state index in [4.69, 9.17) is 4.74 Å². The quantitative estimate of drug-likeness (QED) is 0.720. The summed E-state index contributed by atoms with van der Waals surface area (Å²) < 4.78 is 5.14. The van der Waals surface area contributed by atoms with Crippen LogP contribution in [0.3, 0.4) is 0 Å². The van der Waals surface area contributed by atoms with E-state index in [1.807, 2.05) is 48.5 Å². The fourth-order valence-corrected chi connectivity index (χ4v) is 3.46. The minimum atomic E-state index is -0.00240. The van der Waals surface area contributed by atoms with E-state index >= 15 is 0 Å². The van der Waals surface area contributed by atoms with E-state index < -0.39 is 0 Å². The van der Waals surface area contributed by atoms with Crippen LogP contribution < -0.4 is 15.0 Å². The first-order valence-electron chi connectivity index (χ1n) is 9.67. The average Bonchev–Trinajstić information content (AvgIpc) is 2.80. The number of piperidine rings is 1. The molecule has 0 bridgehead atoms. The second kappa shape index (κ2) is 8.68. The molecule has 1 aliphatic heterocycles. The Morgan fingerprint density at radius 3 is 2.34 bits per heavy atom. The van der Waals surface area contributed by atoms with Crippen molar-refractivity contribution in [2.24, 2.45) is 5.92 Å². The second-order valence-corrected chi connectivity index (χ2v) is 6.99. The van der Waals surface area contributed by atoms with Gasteiger partial charge in [-0.1, -0.05) is 0 Å². The first kappa shape index (κ1) is 18.9. The van der Waals surface area contributed by atoms with Crippen LogP contribution >= 0.6 is 0 Å². The van der Waals surface area contributed by atoms with Crippen LogP contribution in [0.4, 0.5) is 11.5 Å². The topological polar surface area (TPSA) is 80.2 Å². The highest BCUT2D eigenvalue weighted by Crippen LogP contribution is 2.24. The van der Waals surface area contributed by atoms with Gasteiger partial charge in [-0.15, -0.1) is 10.2 Å². The molecule has 29 heavy (non-hydrogen) atoms. The number of rotatable bonds is 5. The second-order valence-electron chi connectivity index (χ2n) is 6.99. The Morgan fingerprint density at radius 1 is 1.00 bits per heavy atom. The third-order valence-electron chi connectivity index (χ3n) is 5.17. The van der Waals surface area contributed by atoms with Crippen molar-refractivity contribution in [3.05, 3.63) is 60.9 Å². The number of anilines is 2. The SMILES string of the molecule is COc1ccc(NC(=O)C2CCN(c3ccc(-c4ccncc4)nn3)CC2)cc1. The maximum Gasteiger partial charge on any atom is 0.227 e. The number of ether oxygens (including phenoxy) is 1. The van der Waals surface area contributed by atoms with E-state index in [1.54, 1.807) is 19.5 Å². The Labute approximate surface area is 169 Å². The van der Waals surface area contributed by atoms with Gasteiger partial charge in [-0.05, 0) is 61.4 Å². The van der Waals surface area contributed by atoms with Gasteiger partial charge >= 0.3 is 0 Å². The van der Waals surface area contributed by atoms with Crippen LogP contribution in [0.2, 0.25) is 0 Å². The molecule has 1 aliphatic rings. The summed E-state index contributed by atoms with van der Waals surface area (Å²) in [6, 6.07) is 15.2. The summed E-state index contributed by atoms with van der Waals surface area (Å²) in [6.07, 6.45) is 5.06. The van der Waals surface area contributed by atoms with Gasteiger partial charge in [0.05, 0.1) is 12.8 Å². The fourth-order valence-electron chi connectivity index (χ4n) is 3.46. The van der Waals surface area contributed by atoms with Crippen molar-refractivity contribution in [2.45, 2.75) is 12.8 Å². The zero-order chi connectivity index (χ0) is 20.1. The van der Waals surface area contributed by atoms with Crippen molar-refractivity contribution < 1.29 is 9.53 Å². The zero-order valence-electron chi connectivity index (χ0n) is 16.3. The van der Waals surface area contributed by atoms with Crippen LogP contribution in [-0.4, -0.2) is 41.3 Å². The summed E-state index contributed by atoms with van der Waals surface area (Å²) in [5.41, 5.74) is 2.61. The predicted molar refractivity (Wildman–Crippen MR) is 112 cm³/mol. The standard InChI is InChI=1S/C22H23N5O2/c1-29-19-4-2-18(3-5-19)24-22(28)17-10-14-27(15-11-17)21-7-6-20(25-26-21)16-8-12-23-13-9-16/h2-9,12-13,17H,10-11,14-15H2,1H3,(H,24,28). The van der Waals surface area contributed by atoms with Gasteiger partial charge in [0.25, 0.3) is 0 Å². The van der Waals surface area contributed by atoms with Gasteiger partial charge in [0.2, 0.25) is 5.91 Å². The third kappa shape index (κ3) is 4.51. The Kier molecular flexibility index (Phi) is 5.65. The van der Waals surface area contributed by atoms with Crippen molar-refractivity contribution >= 4 is 17.4 Å². The van der Waals surface area contributed by atoms with E-state index in [0.29, 0.717) is 0 Å². The van der Waals surface area contributed by atoms with Crippen molar-refractivity contribution in [1.29, 1.82) is 0 Å². The van der Waals surface area contributed by atoms with Gasteiger partial charge < -0.3 is 15.0 Å². The third-order valence-corrected chi connectivity index (χ3v) is 5.17. The number of carbonyl (C=O) groups excluding carboxylic acids is 1. The number of aromatic nitrogens is 3. The molecule has 148 valence electrons. The number of pyridine rings is 1. The average molecular weight is 389 g/mol. The summed E-state index contributed by atoms with van der Waals surface area (Å²) in [5.74, 6) is 1.68. The number of carbonyl (C=O) groups is 1. The molecule has 2 aromatic heterocycles. The number of nitrogens with one attached hydrogen (secondary N) is 1. The molecule has 7 nitrogen and oxygen atoms in total. The molecular formula is C22H23N5O2. The van der Waals surface area contributed by atoms with Gasteiger partial charge in [-0.25, -0.2) is 0 Å². The summed E-state index contributed by atoms with van der Waals surface area (Å²) in [7, 11) is 1.62. The number of hydrogen-bond acceptors (Lipinski definition) is 6. The molecule has 3 heterocycles.